The second-order valence-corrected chi connectivity index (χ2v) is 6.05. The maximum absolute atomic E-state index is 5.84. The van der Waals surface area contributed by atoms with E-state index >= 15 is 0 Å². The first-order valence-electron chi connectivity index (χ1n) is 7.59. The van der Waals surface area contributed by atoms with Crippen molar-refractivity contribution in [1.82, 2.24) is 4.90 Å². The molecule has 1 aromatic carbocycles. The minimum absolute atomic E-state index is 0.500. The predicted molar refractivity (Wildman–Crippen MR) is 80.4 cm³/mol. The van der Waals surface area contributed by atoms with Gasteiger partial charge in [0.05, 0.1) is 0 Å². The predicted octanol–water partition coefficient (Wildman–Crippen LogP) is 1.94. The molecule has 0 amide bonds. The fourth-order valence-electron chi connectivity index (χ4n) is 3.26. The van der Waals surface area contributed by atoms with E-state index in [0.29, 0.717) is 6.04 Å². The molecule has 3 nitrogen and oxygen atoms in total. The molecule has 104 valence electrons. The van der Waals surface area contributed by atoms with Crippen LogP contribution in [0.25, 0.3) is 0 Å². The van der Waals surface area contributed by atoms with Crippen LogP contribution in [-0.4, -0.2) is 43.7 Å². The SMILES string of the molecule is N[C@H]1C[C@@H](CCN2CCN(c3ccccc3)CC2)C1. The van der Waals surface area contributed by atoms with E-state index in [9.17, 15) is 0 Å². The highest BCUT2D eigenvalue weighted by Crippen LogP contribution is 2.28. The molecule has 1 saturated carbocycles. The number of piperazine rings is 1. The zero-order valence-corrected chi connectivity index (χ0v) is 11.7. The van der Waals surface area contributed by atoms with Gasteiger partial charge in [-0.15, -0.1) is 0 Å². The Labute approximate surface area is 116 Å². The molecule has 2 fully saturated rings. The van der Waals surface area contributed by atoms with Gasteiger partial charge in [0, 0.05) is 37.9 Å². The highest BCUT2D eigenvalue weighted by Gasteiger charge is 2.26. The lowest BCUT2D eigenvalue weighted by Gasteiger charge is -2.38. The van der Waals surface area contributed by atoms with E-state index in [2.05, 4.69) is 40.1 Å². The van der Waals surface area contributed by atoms with Gasteiger partial charge >= 0.3 is 0 Å². The van der Waals surface area contributed by atoms with Gasteiger partial charge in [0.25, 0.3) is 0 Å². The van der Waals surface area contributed by atoms with Crippen molar-refractivity contribution < 1.29 is 0 Å². The van der Waals surface area contributed by atoms with Crippen molar-refractivity contribution in [2.45, 2.75) is 25.3 Å². The highest BCUT2D eigenvalue weighted by atomic mass is 15.3. The monoisotopic (exact) mass is 259 g/mol. The molecule has 1 aliphatic carbocycles. The lowest BCUT2D eigenvalue weighted by Crippen LogP contribution is -2.47. The normalized spacial score (nSPS) is 28.2. The Balaban J connectivity index is 1.40. The van der Waals surface area contributed by atoms with E-state index in [1.807, 2.05) is 0 Å². The maximum atomic E-state index is 5.84. The number of para-hydroxylation sites is 1. The van der Waals surface area contributed by atoms with Crippen LogP contribution in [0.2, 0.25) is 0 Å². The van der Waals surface area contributed by atoms with Crippen LogP contribution in [0.5, 0.6) is 0 Å². The molecule has 0 aromatic heterocycles. The van der Waals surface area contributed by atoms with Gasteiger partial charge in [-0.1, -0.05) is 18.2 Å². The zero-order valence-electron chi connectivity index (χ0n) is 11.7. The molecule has 0 unspecified atom stereocenters. The van der Waals surface area contributed by atoms with Gasteiger partial charge in [-0.3, -0.25) is 4.90 Å². The summed E-state index contributed by atoms with van der Waals surface area (Å²) in [5, 5.41) is 0. The van der Waals surface area contributed by atoms with Gasteiger partial charge in [-0.05, 0) is 43.9 Å². The van der Waals surface area contributed by atoms with E-state index in [1.54, 1.807) is 0 Å². The minimum Gasteiger partial charge on any atom is -0.369 e. The largest absolute Gasteiger partial charge is 0.369 e. The number of nitrogens with two attached hydrogens (primary N) is 1. The second-order valence-electron chi connectivity index (χ2n) is 6.05. The number of rotatable bonds is 4. The van der Waals surface area contributed by atoms with Gasteiger partial charge in [-0.2, -0.15) is 0 Å². The summed E-state index contributed by atoms with van der Waals surface area (Å²) in [5.41, 5.74) is 7.21. The fourth-order valence-corrected chi connectivity index (χ4v) is 3.26. The van der Waals surface area contributed by atoms with Crippen LogP contribution in [0.15, 0.2) is 30.3 Å². The number of anilines is 1. The van der Waals surface area contributed by atoms with Crippen LogP contribution in [0.3, 0.4) is 0 Å². The molecule has 3 heteroatoms. The lowest BCUT2D eigenvalue weighted by molar-refractivity contribution is 0.189. The van der Waals surface area contributed by atoms with E-state index in [-0.39, 0.29) is 0 Å². The molecule has 0 radical (unpaired) electrons. The molecule has 1 aromatic rings. The molecule has 2 aliphatic rings. The number of hydrogen-bond donors (Lipinski definition) is 1. The van der Waals surface area contributed by atoms with Crippen LogP contribution in [0.1, 0.15) is 19.3 Å². The summed E-state index contributed by atoms with van der Waals surface area (Å²) in [5.74, 6) is 0.905. The summed E-state index contributed by atoms with van der Waals surface area (Å²) in [4.78, 5) is 5.11. The van der Waals surface area contributed by atoms with Gasteiger partial charge in [0.2, 0.25) is 0 Å². The van der Waals surface area contributed by atoms with Crippen LogP contribution >= 0.6 is 0 Å². The third-order valence-corrected chi connectivity index (χ3v) is 4.62. The van der Waals surface area contributed by atoms with Crippen molar-refractivity contribution in [2.75, 3.05) is 37.6 Å². The minimum atomic E-state index is 0.500. The first kappa shape index (κ1) is 12.9. The summed E-state index contributed by atoms with van der Waals surface area (Å²) >= 11 is 0. The average molecular weight is 259 g/mol. The third kappa shape index (κ3) is 3.28. The second kappa shape index (κ2) is 5.93. The molecule has 1 heterocycles. The Bertz CT molecular complexity index is 378. The van der Waals surface area contributed by atoms with Crippen molar-refractivity contribution in [3.8, 4) is 0 Å². The first-order valence-corrected chi connectivity index (χ1v) is 7.59. The smallest absolute Gasteiger partial charge is 0.0367 e. The standard InChI is InChI=1S/C16H25N3/c17-15-12-14(13-15)6-7-18-8-10-19(11-9-18)16-4-2-1-3-5-16/h1-5,14-15H,6-13,17H2/t14-,15+. The van der Waals surface area contributed by atoms with Gasteiger partial charge in [-0.25, -0.2) is 0 Å². The molecule has 1 aliphatic heterocycles. The maximum Gasteiger partial charge on any atom is 0.0367 e. The summed E-state index contributed by atoms with van der Waals surface area (Å²) < 4.78 is 0. The summed E-state index contributed by atoms with van der Waals surface area (Å²) in [7, 11) is 0. The Kier molecular flexibility index (Phi) is 4.04. The summed E-state index contributed by atoms with van der Waals surface area (Å²) in [6, 6.07) is 11.3. The van der Waals surface area contributed by atoms with Gasteiger partial charge in [0.1, 0.15) is 0 Å². The number of nitrogens with zero attached hydrogens (tertiary/aromatic N) is 2. The molecule has 0 spiro atoms. The summed E-state index contributed by atoms with van der Waals surface area (Å²) in [6.07, 6.45) is 3.85. The topological polar surface area (TPSA) is 32.5 Å². The molecule has 2 N–H and O–H groups in total. The van der Waals surface area contributed by atoms with Crippen molar-refractivity contribution >= 4 is 5.69 Å². The molecule has 0 atom stereocenters. The number of hydrogen-bond acceptors (Lipinski definition) is 3. The van der Waals surface area contributed by atoms with Gasteiger partial charge < -0.3 is 10.6 Å². The van der Waals surface area contributed by atoms with Crippen molar-refractivity contribution in [3.63, 3.8) is 0 Å². The Morgan fingerprint density at radius 1 is 1.00 bits per heavy atom. The van der Waals surface area contributed by atoms with Crippen LogP contribution < -0.4 is 10.6 Å². The number of benzene rings is 1. The molecule has 1 saturated heterocycles. The average Bonchev–Trinajstić information content (AvgIpc) is 2.44. The van der Waals surface area contributed by atoms with Crippen LogP contribution in [0, 0.1) is 5.92 Å². The van der Waals surface area contributed by atoms with Crippen molar-refractivity contribution in [3.05, 3.63) is 30.3 Å². The molecular formula is C16H25N3. The molecule has 0 bridgehead atoms. The van der Waals surface area contributed by atoms with Crippen LogP contribution in [0.4, 0.5) is 5.69 Å². The first-order chi connectivity index (χ1) is 9.31. The summed E-state index contributed by atoms with van der Waals surface area (Å²) in [6.45, 7) is 5.99. The van der Waals surface area contributed by atoms with E-state index in [4.69, 9.17) is 5.73 Å². The molecule has 3 rings (SSSR count). The van der Waals surface area contributed by atoms with Crippen molar-refractivity contribution in [2.24, 2.45) is 11.7 Å². The van der Waals surface area contributed by atoms with E-state index in [0.717, 1.165) is 19.0 Å². The molecular weight excluding hydrogens is 234 g/mol. The van der Waals surface area contributed by atoms with E-state index < -0.39 is 0 Å². The van der Waals surface area contributed by atoms with Crippen LogP contribution in [-0.2, 0) is 0 Å². The lowest BCUT2D eigenvalue weighted by atomic mass is 9.79. The zero-order chi connectivity index (χ0) is 13.1. The Morgan fingerprint density at radius 3 is 2.32 bits per heavy atom. The fraction of sp³-hybridized carbons (Fsp3) is 0.625. The highest BCUT2D eigenvalue weighted by molar-refractivity contribution is 5.46. The third-order valence-electron chi connectivity index (χ3n) is 4.62. The quantitative estimate of drug-likeness (QED) is 0.897. The van der Waals surface area contributed by atoms with Crippen molar-refractivity contribution in [1.29, 1.82) is 0 Å². The van der Waals surface area contributed by atoms with Gasteiger partial charge in [0.15, 0.2) is 0 Å². The Morgan fingerprint density at radius 2 is 1.68 bits per heavy atom. The van der Waals surface area contributed by atoms with E-state index in [1.165, 1.54) is 44.6 Å². The molecule has 19 heavy (non-hydrogen) atoms. The Hall–Kier alpha value is -1.06.